The summed E-state index contributed by atoms with van der Waals surface area (Å²) in [7, 11) is 0. The number of pyridine rings is 1. The van der Waals surface area contributed by atoms with Crippen LogP contribution in [0.2, 0.25) is 0 Å². The molecule has 9 heteroatoms. The van der Waals surface area contributed by atoms with Crippen molar-refractivity contribution in [3.8, 4) is 22.9 Å². The van der Waals surface area contributed by atoms with E-state index in [0.717, 1.165) is 32.2 Å². The van der Waals surface area contributed by atoms with Crippen LogP contribution in [-0.2, 0) is 4.79 Å². The van der Waals surface area contributed by atoms with Crippen molar-refractivity contribution >= 4 is 17.6 Å². The van der Waals surface area contributed by atoms with Gasteiger partial charge in [0.1, 0.15) is 28.6 Å². The molecule has 1 aliphatic heterocycles. The van der Waals surface area contributed by atoms with Gasteiger partial charge in [0.15, 0.2) is 0 Å². The number of anilines is 1. The van der Waals surface area contributed by atoms with Gasteiger partial charge in [-0.25, -0.2) is 4.68 Å². The number of hydrogen-bond acceptors (Lipinski definition) is 6. The Balaban J connectivity index is 1.36. The molecular formula is C26H28N6O3. The third-order valence-corrected chi connectivity index (χ3v) is 6.98. The van der Waals surface area contributed by atoms with Crippen LogP contribution in [0, 0.1) is 5.41 Å². The Bertz CT molecular complexity index is 1260. The Kier molecular flexibility index (Phi) is 5.76. The molecule has 0 unspecified atom stereocenters. The topological polar surface area (TPSA) is 129 Å². The second kappa shape index (κ2) is 8.90. The Morgan fingerprint density at radius 1 is 1.14 bits per heavy atom. The molecule has 4 N–H and O–H groups in total. The second-order valence-electron chi connectivity index (χ2n) is 9.34. The highest BCUT2D eigenvalue weighted by Gasteiger charge is 2.49. The zero-order valence-corrected chi connectivity index (χ0v) is 19.4. The molecule has 35 heavy (non-hydrogen) atoms. The average molecular weight is 473 g/mol. The molecule has 1 spiro atoms. The molecule has 2 aliphatic rings. The third-order valence-electron chi connectivity index (χ3n) is 6.98. The van der Waals surface area contributed by atoms with Crippen molar-refractivity contribution in [2.75, 3.05) is 18.8 Å². The van der Waals surface area contributed by atoms with Gasteiger partial charge in [0, 0.05) is 13.1 Å². The van der Waals surface area contributed by atoms with Gasteiger partial charge in [-0.15, -0.1) is 0 Å². The lowest BCUT2D eigenvalue weighted by molar-refractivity contribution is -0.132. The quantitative estimate of drug-likeness (QED) is 0.528. The van der Waals surface area contributed by atoms with Crippen LogP contribution in [0.1, 0.15) is 42.1 Å². The summed E-state index contributed by atoms with van der Waals surface area (Å²) in [4.78, 5) is 30.7. The molecule has 0 atom stereocenters. The number of benzene rings is 1. The molecule has 1 aliphatic carbocycles. The molecule has 5 rings (SSSR count). The molecule has 3 heterocycles. The number of nitrogens with two attached hydrogens (primary N) is 2. The van der Waals surface area contributed by atoms with E-state index in [1.165, 1.54) is 6.08 Å². The zero-order chi connectivity index (χ0) is 24.6. The summed E-state index contributed by atoms with van der Waals surface area (Å²) in [5, 5.41) is 4.68. The van der Waals surface area contributed by atoms with Crippen molar-refractivity contribution in [1.82, 2.24) is 19.7 Å². The van der Waals surface area contributed by atoms with Gasteiger partial charge >= 0.3 is 0 Å². The number of hydrogen-bond donors (Lipinski definition) is 2. The van der Waals surface area contributed by atoms with Crippen LogP contribution in [0.5, 0.6) is 11.5 Å². The minimum Gasteiger partial charge on any atom is -0.456 e. The number of likely N-dealkylation sites (tertiary alicyclic amines) is 1. The van der Waals surface area contributed by atoms with E-state index in [0.29, 0.717) is 29.4 Å². The summed E-state index contributed by atoms with van der Waals surface area (Å²) in [5.74, 6) is 0.821. The summed E-state index contributed by atoms with van der Waals surface area (Å²) < 4.78 is 7.50. The maximum absolute atomic E-state index is 12.3. The predicted molar refractivity (Wildman–Crippen MR) is 132 cm³/mol. The monoisotopic (exact) mass is 472 g/mol. The lowest BCUT2D eigenvalue weighted by atomic mass is 9.61. The van der Waals surface area contributed by atoms with Crippen LogP contribution in [-0.4, -0.2) is 44.6 Å². The van der Waals surface area contributed by atoms with Gasteiger partial charge in [0.05, 0.1) is 17.9 Å². The summed E-state index contributed by atoms with van der Waals surface area (Å²) >= 11 is 0. The first-order valence-corrected chi connectivity index (χ1v) is 11.7. The number of nitrogen functional groups attached to an aromatic ring is 1. The molecular weight excluding hydrogens is 444 g/mol. The van der Waals surface area contributed by atoms with Crippen molar-refractivity contribution < 1.29 is 14.3 Å². The standard InChI is InChI=1S/C26H28N6O3/c1-2-21(33)31-12-6-11-26(16-31)13-17(14-26)32-24(27)22(25(28)34)23(30-32)20-10-9-19(15-29-20)35-18-7-4-3-5-8-18/h2-5,7-10,15,17H,1,6,11-14,16,27H2,(H2,28,34). The fraction of sp³-hybridized carbons (Fsp3) is 0.308. The maximum Gasteiger partial charge on any atom is 0.254 e. The van der Waals surface area contributed by atoms with Crippen molar-refractivity contribution in [1.29, 1.82) is 0 Å². The molecule has 1 saturated heterocycles. The van der Waals surface area contributed by atoms with Gasteiger partial charge in [0.25, 0.3) is 5.91 Å². The minimum atomic E-state index is -0.648. The Labute approximate surface area is 203 Å². The summed E-state index contributed by atoms with van der Waals surface area (Å²) in [6.07, 6.45) is 6.61. The smallest absolute Gasteiger partial charge is 0.254 e. The first-order valence-electron chi connectivity index (χ1n) is 11.7. The first kappa shape index (κ1) is 22.6. The van der Waals surface area contributed by atoms with E-state index in [1.54, 1.807) is 23.0 Å². The highest BCUT2D eigenvalue weighted by Crippen LogP contribution is 2.54. The largest absolute Gasteiger partial charge is 0.456 e. The van der Waals surface area contributed by atoms with Gasteiger partial charge in [0.2, 0.25) is 5.91 Å². The van der Waals surface area contributed by atoms with E-state index in [9.17, 15) is 9.59 Å². The number of primary amides is 1. The second-order valence-corrected chi connectivity index (χ2v) is 9.34. The van der Waals surface area contributed by atoms with E-state index in [-0.39, 0.29) is 28.7 Å². The van der Waals surface area contributed by atoms with Gasteiger partial charge in [-0.3, -0.25) is 14.6 Å². The molecule has 3 aromatic rings. The maximum atomic E-state index is 12.3. The van der Waals surface area contributed by atoms with Gasteiger partial charge in [-0.05, 0) is 61.4 Å². The molecule has 180 valence electrons. The van der Waals surface area contributed by atoms with E-state index < -0.39 is 5.91 Å². The highest BCUT2D eigenvalue weighted by atomic mass is 16.5. The van der Waals surface area contributed by atoms with Crippen LogP contribution in [0.15, 0.2) is 61.3 Å². The minimum absolute atomic E-state index is 0.0290. The van der Waals surface area contributed by atoms with Crippen LogP contribution in [0.3, 0.4) is 0 Å². The fourth-order valence-electron chi connectivity index (χ4n) is 5.32. The van der Waals surface area contributed by atoms with E-state index >= 15 is 0 Å². The van der Waals surface area contributed by atoms with Gasteiger partial charge in [-0.1, -0.05) is 24.8 Å². The predicted octanol–water partition coefficient (Wildman–Crippen LogP) is 3.55. The van der Waals surface area contributed by atoms with Gasteiger partial charge in [-0.2, -0.15) is 5.10 Å². The Morgan fingerprint density at radius 3 is 2.57 bits per heavy atom. The molecule has 1 saturated carbocycles. The summed E-state index contributed by atoms with van der Waals surface area (Å²) in [5.41, 5.74) is 13.1. The first-order chi connectivity index (χ1) is 16.9. The number of para-hydroxylation sites is 1. The van der Waals surface area contributed by atoms with Crippen LogP contribution >= 0.6 is 0 Å². The number of aromatic nitrogens is 3. The van der Waals surface area contributed by atoms with Crippen molar-refractivity contribution in [3.05, 3.63) is 66.9 Å². The Hall–Kier alpha value is -4.14. The number of carbonyl (C=O) groups is 2. The third kappa shape index (κ3) is 4.25. The van der Waals surface area contributed by atoms with Crippen molar-refractivity contribution in [2.24, 2.45) is 11.1 Å². The molecule has 2 fully saturated rings. The van der Waals surface area contributed by atoms with Crippen LogP contribution in [0.4, 0.5) is 5.82 Å². The Morgan fingerprint density at radius 2 is 1.91 bits per heavy atom. The number of ether oxygens (including phenoxy) is 1. The van der Waals surface area contributed by atoms with E-state index in [4.69, 9.17) is 16.2 Å². The molecule has 2 aromatic heterocycles. The number of carbonyl (C=O) groups excluding carboxylic acids is 2. The molecule has 2 amide bonds. The number of rotatable bonds is 6. The molecule has 9 nitrogen and oxygen atoms in total. The van der Waals surface area contributed by atoms with E-state index in [1.807, 2.05) is 35.2 Å². The molecule has 1 aromatic carbocycles. The number of nitrogens with zero attached hydrogens (tertiary/aromatic N) is 4. The summed E-state index contributed by atoms with van der Waals surface area (Å²) in [6.45, 7) is 5.07. The normalized spacial score (nSPS) is 21.4. The highest BCUT2D eigenvalue weighted by molar-refractivity contribution is 6.03. The SMILES string of the molecule is C=CC(=O)N1CCCC2(CC(n3nc(-c4ccc(Oc5ccccc5)cn4)c(C(N)=O)c3N)C2)C1. The van der Waals surface area contributed by atoms with Crippen molar-refractivity contribution in [2.45, 2.75) is 31.7 Å². The fourth-order valence-corrected chi connectivity index (χ4v) is 5.32. The molecule has 0 radical (unpaired) electrons. The number of piperidine rings is 1. The summed E-state index contributed by atoms with van der Waals surface area (Å²) in [6, 6.07) is 12.9. The van der Waals surface area contributed by atoms with Crippen LogP contribution < -0.4 is 16.2 Å². The van der Waals surface area contributed by atoms with E-state index in [2.05, 4.69) is 16.7 Å². The lowest BCUT2D eigenvalue weighted by Gasteiger charge is -2.52. The lowest BCUT2D eigenvalue weighted by Crippen LogP contribution is -2.52. The van der Waals surface area contributed by atoms with Gasteiger partial charge < -0.3 is 21.1 Å². The zero-order valence-electron chi connectivity index (χ0n) is 19.4. The average Bonchev–Trinajstić information content (AvgIpc) is 3.20. The number of amides is 2. The molecule has 0 bridgehead atoms. The van der Waals surface area contributed by atoms with Crippen LogP contribution in [0.25, 0.3) is 11.4 Å². The van der Waals surface area contributed by atoms with Crippen molar-refractivity contribution in [3.63, 3.8) is 0 Å².